The lowest BCUT2D eigenvalue weighted by Crippen LogP contribution is -1.90. The number of aliphatic imine (C=N–C) groups is 1. The maximum absolute atomic E-state index is 4.06. The second kappa shape index (κ2) is 5.54. The van der Waals surface area contributed by atoms with Crippen LogP contribution in [0.25, 0.3) is 0 Å². The molecule has 9 heavy (non-hydrogen) atoms. The van der Waals surface area contributed by atoms with E-state index in [1.165, 1.54) is 6.42 Å². The zero-order chi connectivity index (χ0) is 7.11. The smallest absolute Gasteiger partial charge is 0.0221 e. The van der Waals surface area contributed by atoms with Gasteiger partial charge in [-0.05, 0) is 19.3 Å². The van der Waals surface area contributed by atoms with Gasteiger partial charge in [0.2, 0.25) is 0 Å². The highest BCUT2D eigenvalue weighted by Crippen LogP contribution is 1.94. The molecule has 1 heteroatoms. The van der Waals surface area contributed by atoms with Gasteiger partial charge in [0.1, 0.15) is 0 Å². The summed E-state index contributed by atoms with van der Waals surface area (Å²) in [7, 11) is 0. The van der Waals surface area contributed by atoms with Crippen molar-refractivity contribution in [1.82, 2.24) is 0 Å². The summed E-state index contributed by atoms with van der Waals surface area (Å²) in [5.41, 5.74) is 0. The highest BCUT2D eigenvalue weighted by Gasteiger charge is 1.88. The third-order valence-electron chi connectivity index (χ3n) is 1.22. The summed E-state index contributed by atoms with van der Waals surface area (Å²) in [6.07, 6.45) is 6.88. The molecule has 1 unspecified atom stereocenters. The van der Waals surface area contributed by atoms with Crippen molar-refractivity contribution in [2.24, 2.45) is 10.9 Å². The summed E-state index contributed by atoms with van der Waals surface area (Å²) >= 11 is 0. The molecule has 0 bridgehead atoms. The molecule has 52 valence electrons. The van der Waals surface area contributed by atoms with Crippen LogP contribution in [0.5, 0.6) is 0 Å². The summed E-state index contributed by atoms with van der Waals surface area (Å²) in [6.45, 7) is 6.29. The van der Waals surface area contributed by atoms with Gasteiger partial charge in [0.15, 0.2) is 0 Å². The Kier molecular flexibility index (Phi) is 5.18. The Balaban J connectivity index is 3.43. The van der Waals surface area contributed by atoms with Crippen LogP contribution >= 0.6 is 0 Å². The molecule has 0 aromatic rings. The van der Waals surface area contributed by atoms with Crippen molar-refractivity contribution in [2.75, 3.05) is 0 Å². The predicted molar refractivity (Wildman–Crippen MR) is 42.8 cm³/mol. The zero-order valence-electron chi connectivity index (χ0n) is 6.46. The first kappa shape index (κ1) is 8.41. The Morgan fingerprint density at radius 3 is 2.67 bits per heavy atom. The van der Waals surface area contributed by atoms with Crippen LogP contribution in [0.4, 0.5) is 0 Å². The third-order valence-corrected chi connectivity index (χ3v) is 1.22. The Morgan fingerprint density at radius 2 is 2.22 bits per heavy atom. The summed E-state index contributed by atoms with van der Waals surface area (Å²) in [5.74, 6) is 0.612. The zero-order valence-corrected chi connectivity index (χ0v) is 6.46. The molecule has 1 atom stereocenters. The van der Waals surface area contributed by atoms with E-state index in [9.17, 15) is 0 Å². The van der Waals surface area contributed by atoms with Gasteiger partial charge in [-0.15, -0.1) is 0 Å². The van der Waals surface area contributed by atoms with Gasteiger partial charge in [0.05, 0.1) is 0 Å². The largest absolute Gasteiger partial charge is 0.269 e. The van der Waals surface area contributed by atoms with Gasteiger partial charge in [-0.2, -0.15) is 0 Å². The maximum atomic E-state index is 4.06. The van der Waals surface area contributed by atoms with E-state index in [2.05, 4.69) is 18.8 Å². The number of allylic oxidation sites excluding steroid dienone is 1. The summed E-state index contributed by atoms with van der Waals surface area (Å²) < 4.78 is 0. The highest BCUT2D eigenvalue weighted by atomic mass is 14.7. The lowest BCUT2D eigenvalue weighted by molar-refractivity contribution is 0.754. The van der Waals surface area contributed by atoms with Gasteiger partial charge in [0, 0.05) is 12.4 Å². The predicted octanol–water partition coefficient (Wildman–Crippen LogP) is 2.64. The fourth-order valence-corrected chi connectivity index (χ4v) is 0.388. The van der Waals surface area contributed by atoms with Crippen molar-refractivity contribution in [1.29, 1.82) is 0 Å². The second-order valence-electron chi connectivity index (χ2n) is 2.17. The first-order valence-corrected chi connectivity index (χ1v) is 3.45. The molecular formula is C8H15N. The second-order valence-corrected chi connectivity index (χ2v) is 2.17. The maximum Gasteiger partial charge on any atom is 0.0221 e. The molecule has 0 heterocycles. The molecule has 0 aromatic heterocycles. The Bertz CT molecular complexity index is 103. The van der Waals surface area contributed by atoms with Crippen LogP contribution in [0.3, 0.4) is 0 Å². The minimum absolute atomic E-state index is 0.612. The molecule has 0 rings (SSSR count). The van der Waals surface area contributed by atoms with E-state index in [0.29, 0.717) is 5.92 Å². The summed E-state index contributed by atoms with van der Waals surface area (Å²) in [5, 5.41) is 0. The Morgan fingerprint density at radius 1 is 1.56 bits per heavy atom. The SMILES string of the molecule is C/C=C\N=C/C(C)CC. The van der Waals surface area contributed by atoms with E-state index in [1.807, 2.05) is 25.4 Å². The number of nitrogens with zero attached hydrogens (tertiary/aromatic N) is 1. The molecule has 0 saturated heterocycles. The van der Waals surface area contributed by atoms with E-state index < -0.39 is 0 Å². The van der Waals surface area contributed by atoms with Gasteiger partial charge in [-0.3, -0.25) is 4.99 Å². The van der Waals surface area contributed by atoms with Crippen LogP contribution < -0.4 is 0 Å². The Labute approximate surface area is 57.5 Å². The standard InChI is InChI=1S/C8H15N/c1-4-6-9-7-8(3)5-2/h4,6-8H,5H2,1-3H3/b6-4-,9-7-. The topological polar surface area (TPSA) is 12.4 Å². The molecule has 0 aliphatic rings. The minimum Gasteiger partial charge on any atom is -0.269 e. The molecule has 0 fully saturated rings. The van der Waals surface area contributed by atoms with Crippen molar-refractivity contribution in [3.8, 4) is 0 Å². The van der Waals surface area contributed by atoms with Gasteiger partial charge in [-0.1, -0.05) is 19.9 Å². The highest BCUT2D eigenvalue weighted by molar-refractivity contribution is 5.60. The van der Waals surface area contributed by atoms with Crippen LogP contribution in [0.15, 0.2) is 17.3 Å². The van der Waals surface area contributed by atoms with E-state index in [-0.39, 0.29) is 0 Å². The molecule has 0 N–H and O–H groups in total. The third kappa shape index (κ3) is 5.28. The van der Waals surface area contributed by atoms with Crippen molar-refractivity contribution >= 4 is 6.21 Å². The molecule has 0 saturated carbocycles. The average Bonchev–Trinajstić information content (AvgIpc) is 1.89. The van der Waals surface area contributed by atoms with Crippen LogP contribution in [0.1, 0.15) is 27.2 Å². The molecule has 0 amide bonds. The van der Waals surface area contributed by atoms with E-state index in [0.717, 1.165) is 0 Å². The number of hydrogen-bond donors (Lipinski definition) is 0. The first-order chi connectivity index (χ1) is 4.31. The molecule has 0 aliphatic heterocycles. The lowest BCUT2D eigenvalue weighted by Gasteiger charge is -1.95. The van der Waals surface area contributed by atoms with Crippen molar-refractivity contribution in [2.45, 2.75) is 27.2 Å². The van der Waals surface area contributed by atoms with Gasteiger partial charge >= 0.3 is 0 Å². The fourth-order valence-electron chi connectivity index (χ4n) is 0.388. The van der Waals surface area contributed by atoms with Crippen molar-refractivity contribution < 1.29 is 0 Å². The first-order valence-electron chi connectivity index (χ1n) is 3.45. The minimum atomic E-state index is 0.612. The molecule has 0 aliphatic carbocycles. The van der Waals surface area contributed by atoms with Gasteiger partial charge in [-0.25, -0.2) is 0 Å². The number of hydrogen-bond acceptors (Lipinski definition) is 1. The Hall–Kier alpha value is -0.590. The molecular weight excluding hydrogens is 110 g/mol. The van der Waals surface area contributed by atoms with E-state index >= 15 is 0 Å². The summed E-state index contributed by atoms with van der Waals surface area (Å²) in [4.78, 5) is 4.06. The lowest BCUT2D eigenvalue weighted by atomic mass is 10.1. The number of rotatable bonds is 3. The van der Waals surface area contributed by atoms with Crippen LogP contribution in [0.2, 0.25) is 0 Å². The quantitative estimate of drug-likeness (QED) is 0.514. The van der Waals surface area contributed by atoms with Crippen LogP contribution in [-0.4, -0.2) is 6.21 Å². The van der Waals surface area contributed by atoms with Crippen molar-refractivity contribution in [3.05, 3.63) is 12.3 Å². The van der Waals surface area contributed by atoms with Gasteiger partial charge in [0.25, 0.3) is 0 Å². The molecule has 0 aromatic carbocycles. The average molecular weight is 125 g/mol. The van der Waals surface area contributed by atoms with E-state index in [1.54, 1.807) is 0 Å². The van der Waals surface area contributed by atoms with Crippen LogP contribution in [-0.2, 0) is 0 Å². The molecule has 0 spiro atoms. The normalized spacial score (nSPS) is 15.4. The van der Waals surface area contributed by atoms with Gasteiger partial charge < -0.3 is 0 Å². The fraction of sp³-hybridized carbons (Fsp3) is 0.625. The van der Waals surface area contributed by atoms with E-state index in [4.69, 9.17) is 0 Å². The van der Waals surface area contributed by atoms with Crippen molar-refractivity contribution in [3.63, 3.8) is 0 Å². The van der Waals surface area contributed by atoms with Crippen LogP contribution in [0, 0.1) is 5.92 Å². The molecule has 0 radical (unpaired) electrons. The summed E-state index contributed by atoms with van der Waals surface area (Å²) in [6, 6.07) is 0. The molecule has 1 nitrogen and oxygen atoms in total. The monoisotopic (exact) mass is 125 g/mol.